The van der Waals surface area contributed by atoms with Crippen LogP contribution >= 0.6 is 0 Å². The highest BCUT2D eigenvalue weighted by Gasteiger charge is 2.18. The van der Waals surface area contributed by atoms with E-state index in [1.54, 1.807) is 24.4 Å². The molecule has 0 atom stereocenters. The molecule has 190 valence electrons. The Morgan fingerprint density at radius 1 is 1.05 bits per heavy atom. The Kier molecular flexibility index (Phi) is 7.64. The van der Waals surface area contributed by atoms with E-state index in [9.17, 15) is 14.4 Å². The second-order valence-corrected chi connectivity index (χ2v) is 8.71. The number of allylic oxidation sites excluding steroid dienone is 1. The summed E-state index contributed by atoms with van der Waals surface area (Å²) in [5.74, 6) is -0.722. The largest absolute Gasteiger partial charge is 0.465 e. The van der Waals surface area contributed by atoms with Gasteiger partial charge in [0.05, 0.1) is 24.2 Å². The summed E-state index contributed by atoms with van der Waals surface area (Å²) in [4.78, 5) is 42.5. The Morgan fingerprint density at radius 3 is 2.38 bits per heavy atom. The number of aromatic nitrogens is 3. The third kappa shape index (κ3) is 5.68. The summed E-state index contributed by atoms with van der Waals surface area (Å²) < 4.78 is 13.4. The van der Waals surface area contributed by atoms with Gasteiger partial charge in [0, 0.05) is 23.9 Å². The number of ketones is 1. The fraction of sp³-hybridized carbons (Fsp3) is 0.214. The number of carbonyl (C=O) groups is 2. The molecular weight excluding hydrogens is 472 g/mol. The van der Waals surface area contributed by atoms with Crippen molar-refractivity contribution in [3.8, 4) is 0 Å². The second-order valence-electron chi connectivity index (χ2n) is 8.71. The lowest BCUT2D eigenvalue weighted by Gasteiger charge is -2.12. The predicted octanol–water partition coefficient (Wildman–Crippen LogP) is 3.89. The van der Waals surface area contributed by atoms with Gasteiger partial charge in [-0.05, 0) is 43.7 Å². The zero-order valence-corrected chi connectivity index (χ0v) is 20.9. The van der Waals surface area contributed by atoms with Gasteiger partial charge in [-0.15, -0.1) is 0 Å². The summed E-state index contributed by atoms with van der Waals surface area (Å²) in [5.41, 5.74) is 8.49. The molecule has 2 aromatic carbocycles. The summed E-state index contributed by atoms with van der Waals surface area (Å²) in [5, 5.41) is 0.336. The van der Waals surface area contributed by atoms with Crippen LogP contribution in [0, 0.1) is 0 Å². The van der Waals surface area contributed by atoms with E-state index in [-0.39, 0.29) is 30.1 Å². The summed E-state index contributed by atoms with van der Waals surface area (Å²) >= 11 is 0. The maximum absolute atomic E-state index is 13.5. The Hall–Kier alpha value is -4.50. The van der Waals surface area contributed by atoms with E-state index in [1.165, 1.54) is 29.9 Å². The molecule has 4 rings (SSSR count). The first-order valence-electron chi connectivity index (χ1n) is 11.7. The van der Waals surface area contributed by atoms with Crippen LogP contribution in [0.25, 0.3) is 17.1 Å². The molecule has 0 saturated carbocycles. The normalized spacial score (nSPS) is 11.5. The highest BCUT2D eigenvalue weighted by Crippen LogP contribution is 2.21. The molecule has 4 aromatic rings. The number of hydrogen-bond acceptors (Lipinski definition) is 7. The number of rotatable bonds is 9. The van der Waals surface area contributed by atoms with Gasteiger partial charge in [-0.25, -0.2) is 4.79 Å². The second kappa shape index (κ2) is 11.0. The Morgan fingerprint density at radius 2 is 1.73 bits per heavy atom. The number of ether oxygens (including phenoxy) is 2. The van der Waals surface area contributed by atoms with Crippen LogP contribution in [0.2, 0.25) is 0 Å². The van der Waals surface area contributed by atoms with Gasteiger partial charge in [0.25, 0.3) is 5.56 Å². The fourth-order valence-electron chi connectivity index (χ4n) is 3.84. The average molecular weight is 501 g/mol. The van der Waals surface area contributed by atoms with E-state index < -0.39 is 5.97 Å². The molecule has 37 heavy (non-hydrogen) atoms. The summed E-state index contributed by atoms with van der Waals surface area (Å²) in [6.07, 6.45) is 4.66. The monoisotopic (exact) mass is 500 g/mol. The first-order chi connectivity index (χ1) is 17.8. The molecule has 0 aliphatic rings. The van der Waals surface area contributed by atoms with Gasteiger partial charge >= 0.3 is 5.97 Å². The van der Waals surface area contributed by atoms with Crippen LogP contribution in [0.5, 0.6) is 0 Å². The van der Waals surface area contributed by atoms with Gasteiger partial charge in [-0.2, -0.15) is 4.98 Å². The Balaban J connectivity index is 1.74. The van der Waals surface area contributed by atoms with Crippen LogP contribution < -0.4 is 11.3 Å². The molecule has 2 aromatic heterocycles. The SMILES string of the molecule is COC(=O)c1ccc(C(=O)C=Cc2cn(Cc3ccccc3)c3nc(N)n(COC(C)C)c(=O)c23)cc1. The Bertz CT molecular complexity index is 1520. The van der Waals surface area contributed by atoms with Crippen LogP contribution in [0.15, 0.2) is 71.7 Å². The van der Waals surface area contributed by atoms with Gasteiger partial charge in [-0.3, -0.25) is 14.2 Å². The van der Waals surface area contributed by atoms with Gasteiger partial charge in [0.2, 0.25) is 5.95 Å². The minimum atomic E-state index is -0.481. The molecule has 9 nitrogen and oxygen atoms in total. The Labute approximate surface area is 213 Å². The molecule has 0 bridgehead atoms. The van der Waals surface area contributed by atoms with Crippen LogP contribution in [0.4, 0.5) is 5.95 Å². The van der Waals surface area contributed by atoms with Crippen molar-refractivity contribution in [3.63, 3.8) is 0 Å². The molecular formula is C28H28N4O5. The summed E-state index contributed by atoms with van der Waals surface area (Å²) in [6.45, 7) is 4.15. The lowest BCUT2D eigenvalue weighted by atomic mass is 10.1. The van der Waals surface area contributed by atoms with Crippen molar-refractivity contribution >= 4 is 34.8 Å². The number of esters is 1. The quantitative estimate of drug-likeness (QED) is 0.210. The van der Waals surface area contributed by atoms with Crippen LogP contribution in [-0.2, 0) is 22.7 Å². The molecule has 0 spiro atoms. The van der Waals surface area contributed by atoms with Crippen molar-refractivity contribution < 1.29 is 19.1 Å². The molecule has 0 saturated heterocycles. The molecule has 9 heteroatoms. The van der Waals surface area contributed by atoms with Gasteiger partial charge < -0.3 is 19.8 Å². The van der Waals surface area contributed by atoms with Crippen molar-refractivity contribution in [2.24, 2.45) is 0 Å². The van der Waals surface area contributed by atoms with Gasteiger partial charge in [0.15, 0.2) is 5.78 Å². The van der Waals surface area contributed by atoms with E-state index >= 15 is 0 Å². The van der Waals surface area contributed by atoms with Crippen LogP contribution in [0.1, 0.15) is 45.7 Å². The molecule has 2 heterocycles. The predicted molar refractivity (Wildman–Crippen MR) is 141 cm³/mol. The van der Waals surface area contributed by atoms with E-state index in [4.69, 9.17) is 15.2 Å². The minimum Gasteiger partial charge on any atom is -0.465 e. The number of fused-ring (bicyclic) bond motifs is 1. The first-order valence-corrected chi connectivity index (χ1v) is 11.7. The molecule has 0 aliphatic heterocycles. The number of nitrogens with zero attached hydrogens (tertiary/aromatic N) is 3. The highest BCUT2D eigenvalue weighted by molar-refractivity contribution is 6.08. The molecule has 0 aliphatic carbocycles. The molecule has 0 fully saturated rings. The van der Waals surface area contributed by atoms with E-state index in [0.29, 0.717) is 34.3 Å². The third-order valence-corrected chi connectivity index (χ3v) is 5.77. The number of hydrogen-bond donors (Lipinski definition) is 1. The number of carbonyl (C=O) groups excluding carboxylic acids is 2. The number of nitrogens with two attached hydrogens (primary N) is 1. The van der Waals surface area contributed by atoms with E-state index in [0.717, 1.165) is 5.56 Å². The molecule has 2 N–H and O–H groups in total. The third-order valence-electron chi connectivity index (χ3n) is 5.77. The van der Waals surface area contributed by atoms with Crippen molar-refractivity contribution in [1.82, 2.24) is 14.1 Å². The number of anilines is 1. The minimum absolute atomic E-state index is 0.0379. The van der Waals surface area contributed by atoms with E-state index in [2.05, 4.69) is 4.98 Å². The van der Waals surface area contributed by atoms with Gasteiger partial charge in [-0.1, -0.05) is 42.5 Å². The van der Waals surface area contributed by atoms with Crippen molar-refractivity contribution in [3.05, 3.63) is 99.5 Å². The summed E-state index contributed by atoms with van der Waals surface area (Å²) in [7, 11) is 1.30. The lowest BCUT2D eigenvalue weighted by Crippen LogP contribution is -2.27. The number of methoxy groups -OCH3 is 1. The smallest absolute Gasteiger partial charge is 0.337 e. The maximum Gasteiger partial charge on any atom is 0.337 e. The topological polar surface area (TPSA) is 118 Å². The number of benzene rings is 2. The highest BCUT2D eigenvalue weighted by atomic mass is 16.5. The van der Waals surface area contributed by atoms with Crippen molar-refractivity contribution in [2.75, 3.05) is 12.8 Å². The van der Waals surface area contributed by atoms with E-state index in [1.807, 2.05) is 48.7 Å². The number of nitrogen functional groups attached to an aromatic ring is 1. The molecule has 0 amide bonds. The molecule has 0 unspecified atom stereocenters. The first kappa shape index (κ1) is 25.6. The maximum atomic E-state index is 13.5. The van der Waals surface area contributed by atoms with Gasteiger partial charge in [0.1, 0.15) is 12.4 Å². The average Bonchev–Trinajstić information content (AvgIpc) is 3.23. The fourth-order valence-corrected chi connectivity index (χ4v) is 3.84. The zero-order valence-electron chi connectivity index (χ0n) is 20.9. The lowest BCUT2D eigenvalue weighted by molar-refractivity contribution is 0.0279. The van der Waals surface area contributed by atoms with Crippen molar-refractivity contribution in [2.45, 2.75) is 33.2 Å². The standard InChI is InChI=1S/C28H28N4O5/c1-18(2)37-17-32-26(34)24-22(13-14-23(33)20-9-11-21(12-10-20)27(35)36-3)16-31(25(24)30-28(32)29)15-19-7-5-4-6-8-19/h4-14,16,18H,15,17H2,1-3H3,(H2,29,30). The zero-order chi connectivity index (χ0) is 26.5. The van der Waals surface area contributed by atoms with Crippen LogP contribution in [-0.4, -0.2) is 39.1 Å². The summed E-state index contributed by atoms with van der Waals surface area (Å²) in [6, 6.07) is 15.9. The van der Waals surface area contributed by atoms with Crippen LogP contribution in [0.3, 0.4) is 0 Å². The van der Waals surface area contributed by atoms with Crippen molar-refractivity contribution in [1.29, 1.82) is 0 Å². The molecule has 0 radical (unpaired) electrons.